The molecule has 3 nitrogen and oxygen atoms in total. The number of likely N-dealkylation sites (N-methyl/N-ethyl adjacent to an activating group) is 1. The Bertz CT molecular complexity index is 198. The van der Waals surface area contributed by atoms with Crippen LogP contribution in [0.3, 0.4) is 0 Å². The SMILES string of the molecule is CCNC(CO)CN1CC(C)CC(C)C1C. The van der Waals surface area contributed by atoms with Crippen molar-refractivity contribution in [2.24, 2.45) is 11.8 Å². The van der Waals surface area contributed by atoms with Gasteiger partial charge in [0, 0.05) is 25.2 Å². The Hall–Kier alpha value is -0.120. The minimum absolute atomic E-state index is 0.227. The Morgan fingerprint density at radius 2 is 2.06 bits per heavy atom. The maximum absolute atomic E-state index is 9.32. The highest BCUT2D eigenvalue weighted by atomic mass is 16.3. The summed E-state index contributed by atoms with van der Waals surface area (Å²) in [6, 6.07) is 0.869. The molecular weight excluding hydrogens is 200 g/mol. The van der Waals surface area contributed by atoms with E-state index in [1.807, 2.05) is 0 Å². The van der Waals surface area contributed by atoms with Gasteiger partial charge in [0.1, 0.15) is 0 Å². The number of aliphatic hydroxyl groups is 1. The zero-order valence-corrected chi connectivity index (χ0v) is 11.2. The molecule has 1 heterocycles. The molecule has 0 spiro atoms. The lowest BCUT2D eigenvalue weighted by Crippen LogP contribution is -2.52. The predicted molar refractivity (Wildman–Crippen MR) is 68.5 cm³/mol. The van der Waals surface area contributed by atoms with Crippen molar-refractivity contribution >= 4 is 0 Å². The van der Waals surface area contributed by atoms with Crippen LogP contribution in [0.2, 0.25) is 0 Å². The molecule has 1 fully saturated rings. The Morgan fingerprint density at radius 1 is 1.38 bits per heavy atom. The van der Waals surface area contributed by atoms with Gasteiger partial charge in [0.25, 0.3) is 0 Å². The average Bonchev–Trinajstić information content (AvgIpc) is 2.24. The predicted octanol–water partition coefficient (Wildman–Crippen LogP) is 1.32. The van der Waals surface area contributed by atoms with Gasteiger partial charge in [0.15, 0.2) is 0 Å². The van der Waals surface area contributed by atoms with Gasteiger partial charge in [-0.05, 0) is 31.7 Å². The zero-order chi connectivity index (χ0) is 12.1. The summed E-state index contributed by atoms with van der Waals surface area (Å²) in [5.74, 6) is 1.55. The first-order chi connectivity index (χ1) is 7.58. The molecule has 1 saturated heterocycles. The van der Waals surface area contributed by atoms with Crippen LogP contribution in [-0.2, 0) is 0 Å². The third kappa shape index (κ3) is 3.72. The molecule has 0 bridgehead atoms. The molecule has 1 aliphatic rings. The van der Waals surface area contributed by atoms with E-state index in [4.69, 9.17) is 0 Å². The van der Waals surface area contributed by atoms with Gasteiger partial charge >= 0.3 is 0 Å². The number of rotatable bonds is 5. The molecule has 0 aromatic carbocycles. The van der Waals surface area contributed by atoms with Crippen molar-refractivity contribution in [1.82, 2.24) is 10.2 Å². The second kappa shape index (κ2) is 6.58. The first-order valence-corrected chi connectivity index (χ1v) is 6.66. The molecule has 0 aliphatic carbocycles. The molecule has 4 unspecified atom stereocenters. The van der Waals surface area contributed by atoms with Crippen molar-refractivity contribution in [2.45, 2.75) is 46.2 Å². The minimum atomic E-state index is 0.227. The van der Waals surface area contributed by atoms with Crippen LogP contribution in [-0.4, -0.2) is 48.3 Å². The lowest BCUT2D eigenvalue weighted by Gasteiger charge is -2.42. The van der Waals surface area contributed by atoms with E-state index in [2.05, 4.69) is 37.9 Å². The van der Waals surface area contributed by atoms with Crippen molar-refractivity contribution in [1.29, 1.82) is 0 Å². The summed E-state index contributed by atoms with van der Waals surface area (Å²) in [4.78, 5) is 2.53. The van der Waals surface area contributed by atoms with Crippen molar-refractivity contribution in [3.8, 4) is 0 Å². The highest BCUT2D eigenvalue weighted by Crippen LogP contribution is 2.26. The second-order valence-corrected chi connectivity index (χ2v) is 5.45. The van der Waals surface area contributed by atoms with Crippen molar-refractivity contribution in [2.75, 3.05) is 26.2 Å². The highest BCUT2D eigenvalue weighted by Gasteiger charge is 2.29. The Morgan fingerprint density at radius 3 is 2.62 bits per heavy atom. The molecule has 0 saturated carbocycles. The molecule has 0 amide bonds. The molecule has 0 aromatic rings. The van der Waals surface area contributed by atoms with E-state index in [1.54, 1.807) is 0 Å². The number of hydrogen-bond acceptors (Lipinski definition) is 3. The minimum Gasteiger partial charge on any atom is -0.395 e. The average molecular weight is 228 g/mol. The zero-order valence-electron chi connectivity index (χ0n) is 11.2. The third-order valence-corrected chi connectivity index (χ3v) is 3.89. The first kappa shape index (κ1) is 13.9. The fourth-order valence-corrected chi connectivity index (χ4v) is 2.83. The largest absolute Gasteiger partial charge is 0.395 e. The summed E-state index contributed by atoms with van der Waals surface area (Å²) in [5, 5.41) is 12.7. The highest BCUT2D eigenvalue weighted by molar-refractivity contribution is 4.84. The van der Waals surface area contributed by atoms with E-state index in [0.29, 0.717) is 6.04 Å². The lowest BCUT2D eigenvalue weighted by molar-refractivity contribution is 0.0617. The van der Waals surface area contributed by atoms with Crippen molar-refractivity contribution < 1.29 is 5.11 Å². The van der Waals surface area contributed by atoms with Crippen LogP contribution < -0.4 is 5.32 Å². The van der Waals surface area contributed by atoms with Crippen molar-refractivity contribution in [3.05, 3.63) is 0 Å². The van der Waals surface area contributed by atoms with E-state index >= 15 is 0 Å². The summed E-state index contributed by atoms with van der Waals surface area (Å²) < 4.78 is 0. The van der Waals surface area contributed by atoms with Gasteiger partial charge in [-0.3, -0.25) is 4.90 Å². The Balaban J connectivity index is 2.49. The summed E-state index contributed by atoms with van der Waals surface area (Å²) in [7, 11) is 0. The van der Waals surface area contributed by atoms with Gasteiger partial charge in [-0.1, -0.05) is 20.8 Å². The molecular formula is C13H28N2O. The van der Waals surface area contributed by atoms with Crippen LogP contribution in [0.15, 0.2) is 0 Å². The van der Waals surface area contributed by atoms with Crippen molar-refractivity contribution in [3.63, 3.8) is 0 Å². The molecule has 0 radical (unpaired) electrons. The van der Waals surface area contributed by atoms with Crippen LogP contribution in [0.4, 0.5) is 0 Å². The number of nitrogens with zero attached hydrogens (tertiary/aromatic N) is 1. The van der Waals surface area contributed by atoms with Crippen LogP contribution in [0.1, 0.15) is 34.1 Å². The van der Waals surface area contributed by atoms with Gasteiger partial charge in [-0.25, -0.2) is 0 Å². The summed E-state index contributed by atoms with van der Waals surface area (Å²) in [6.07, 6.45) is 1.34. The number of likely N-dealkylation sites (tertiary alicyclic amines) is 1. The molecule has 2 N–H and O–H groups in total. The van der Waals surface area contributed by atoms with Gasteiger partial charge in [0.2, 0.25) is 0 Å². The summed E-state index contributed by atoms with van der Waals surface area (Å²) in [6.45, 7) is 12.4. The van der Waals surface area contributed by atoms with Gasteiger partial charge < -0.3 is 10.4 Å². The molecule has 96 valence electrons. The number of piperidine rings is 1. The third-order valence-electron chi connectivity index (χ3n) is 3.89. The summed E-state index contributed by atoms with van der Waals surface area (Å²) in [5.41, 5.74) is 0. The fraction of sp³-hybridized carbons (Fsp3) is 1.00. The van der Waals surface area contributed by atoms with E-state index in [9.17, 15) is 5.11 Å². The second-order valence-electron chi connectivity index (χ2n) is 5.45. The first-order valence-electron chi connectivity index (χ1n) is 6.66. The van der Waals surface area contributed by atoms with Crippen LogP contribution >= 0.6 is 0 Å². The van der Waals surface area contributed by atoms with Gasteiger partial charge in [0.05, 0.1) is 6.61 Å². The standard InChI is InChI=1S/C13H28N2O/c1-5-14-13(9-16)8-15-7-10(2)6-11(3)12(15)4/h10-14,16H,5-9H2,1-4H3. The van der Waals surface area contributed by atoms with Crippen LogP contribution in [0.5, 0.6) is 0 Å². The lowest BCUT2D eigenvalue weighted by atomic mass is 9.86. The normalized spacial score (nSPS) is 33.9. The molecule has 1 rings (SSSR count). The maximum Gasteiger partial charge on any atom is 0.0597 e. The number of nitrogens with one attached hydrogen (secondary N) is 1. The van der Waals surface area contributed by atoms with Crippen LogP contribution in [0.25, 0.3) is 0 Å². The van der Waals surface area contributed by atoms with E-state index in [0.717, 1.165) is 24.9 Å². The monoisotopic (exact) mass is 228 g/mol. The fourth-order valence-electron chi connectivity index (χ4n) is 2.83. The molecule has 1 aliphatic heterocycles. The molecule has 3 heteroatoms. The molecule has 0 aromatic heterocycles. The van der Waals surface area contributed by atoms with E-state index in [-0.39, 0.29) is 12.6 Å². The summed E-state index contributed by atoms with van der Waals surface area (Å²) >= 11 is 0. The number of hydrogen-bond donors (Lipinski definition) is 2. The smallest absolute Gasteiger partial charge is 0.0597 e. The molecule has 16 heavy (non-hydrogen) atoms. The number of aliphatic hydroxyl groups excluding tert-OH is 1. The molecule has 4 atom stereocenters. The van der Waals surface area contributed by atoms with Crippen LogP contribution in [0, 0.1) is 11.8 Å². The topological polar surface area (TPSA) is 35.5 Å². The van der Waals surface area contributed by atoms with Gasteiger partial charge in [-0.2, -0.15) is 0 Å². The quantitative estimate of drug-likeness (QED) is 0.745. The maximum atomic E-state index is 9.32. The Kier molecular flexibility index (Phi) is 5.73. The van der Waals surface area contributed by atoms with Gasteiger partial charge in [-0.15, -0.1) is 0 Å². The van der Waals surface area contributed by atoms with E-state index < -0.39 is 0 Å². The van der Waals surface area contributed by atoms with E-state index in [1.165, 1.54) is 13.0 Å². The Labute approximate surface area is 100 Å².